The molecule has 0 saturated carbocycles. The monoisotopic (exact) mass is 361 g/mol. The van der Waals surface area contributed by atoms with Gasteiger partial charge in [-0.05, 0) is 29.1 Å². The molecule has 7 heteroatoms. The molecule has 0 bridgehead atoms. The van der Waals surface area contributed by atoms with Crippen molar-refractivity contribution < 1.29 is 4.79 Å². The number of rotatable bonds is 5. The van der Waals surface area contributed by atoms with Crippen LogP contribution in [0.25, 0.3) is 11.5 Å². The van der Waals surface area contributed by atoms with Crippen LogP contribution in [0.15, 0.2) is 71.6 Å². The van der Waals surface area contributed by atoms with Crippen molar-refractivity contribution in [2.24, 2.45) is 0 Å². The van der Waals surface area contributed by atoms with Crippen molar-refractivity contribution >= 4 is 23.2 Å². The Hall–Kier alpha value is -3.32. The zero-order valence-corrected chi connectivity index (χ0v) is 14.6. The molecule has 4 rings (SSSR count). The lowest BCUT2D eigenvalue weighted by Gasteiger charge is -2.06. The topological polar surface area (TPSA) is 72.7 Å². The van der Waals surface area contributed by atoms with Crippen molar-refractivity contribution in [3.8, 4) is 11.5 Å². The molecule has 0 aliphatic heterocycles. The molecular formula is C19H15N5OS. The maximum atomic E-state index is 12.8. The summed E-state index contributed by atoms with van der Waals surface area (Å²) in [5.74, 6) is 0.576. The third kappa shape index (κ3) is 3.38. The summed E-state index contributed by atoms with van der Waals surface area (Å²) < 4.78 is 1.30. The largest absolute Gasteiger partial charge is 0.350 e. The van der Waals surface area contributed by atoms with Crippen LogP contribution in [-0.4, -0.2) is 25.7 Å². The van der Waals surface area contributed by atoms with E-state index in [1.165, 1.54) is 16.0 Å². The number of nitrogens with one attached hydrogen (secondary N) is 1. The van der Waals surface area contributed by atoms with Gasteiger partial charge in [-0.1, -0.05) is 36.4 Å². The molecule has 128 valence electrons. The number of aromatic nitrogens is 4. The van der Waals surface area contributed by atoms with E-state index in [1.807, 2.05) is 53.9 Å². The van der Waals surface area contributed by atoms with Crippen LogP contribution in [0.2, 0.25) is 0 Å². The van der Waals surface area contributed by atoms with Crippen LogP contribution in [-0.2, 0) is 6.54 Å². The Morgan fingerprint density at radius 1 is 1.08 bits per heavy atom. The number of pyridine rings is 1. The Kier molecular flexibility index (Phi) is 4.53. The summed E-state index contributed by atoms with van der Waals surface area (Å²) >= 11 is 1.47. The maximum Gasteiger partial charge on any atom is 0.282 e. The average molecular weight is 361 g/mol. The van der Waals surface area contributed by atoms with Gasteiger partial charge in [0.1, 0.15) is 5.69 Å². The summed E-state index contributed by atoms with van der Waals surface area (Å²) in [6.07, 6.45) is 1.67. The normalized spacial score (nSPS) is 10.6. The fourth-order valence-electron chi connectivity index (χ4n) is 2.46. The molecule has 0 saturated heterocycles. The molecular weight excluding hydrogens is 346 g/mol. The summed E-state index contributed by atoms with van der Waals surface area (Å²) in [6.45, 7) is 0.540. The summed E-state index contributed by atoms with van der Waals surface area (Å²) in [5, 5.41) is 11.3. The smallest absolute Gasteiger partial charge is 0.282 e. The first-order valence-electron chi connectivity index (χ1n) is 8.04. The zero-order chi connectivity index (χ0) is 17.8. The van der Waals surface area contributed by atoms with Gasteiger partial charge >= 0.3 is 0 Å². The number of carbonyl (C=O) groups is 1. The van der Waals surface area contributed by atoms with E-state index < -0.39 is 0 Å². The van der Waals surface area contributed by atoms with Crippen LogP contribution < -0.4 is 5.32 Å². The highest BCUT2D eigenvalue weighted by Gasteiger charge is 2.19. The van der Waals surface area contributed by atoms with Gasteiger partial charge in [0, 0.05) is 18.1 Å². The van der Waals surface area contributed by atoms with Gasteiger partial charge < -0.3 is 5.32 Å². The predicted octanol–water partition coefficient (Wildman–Crippen LogP) is 3.70. The lowest BCUT2D eigenvalue weighted by atomic mass is 10.2. The molecule has 0 spiro atoms. The number of hydrogen-bond donors (Lipinski definition) is 1. The first kappa shape index (κ1) is 16.2. The van der Waals surface area contributed by atoms with E-state index in [4.69, 9.17) is 0 Å². The second kappa shape index (κ2) is 7.28. The number of anilines is 1. The molecule has 26 heavy (non-hydrogen) atoms. The average Bonchev–Trinajstić information content (AvgIpc) is 3.38. The third-order valence-corrected chi connectivity index (χ3v) is 4.44. The highest BCUT2D eigenvalue weighted by Crippen LogP contribution is 2.18. The second-order valence-corrected chi connectivity index (χ2v) is 6.32. The fraction of sp³-hybridized carbons (Fsp3) is 0.0526. The highest BCUT2D eigenvalue weighted by molar-refractivity contribution is 7.08. The number of thiophene rings is 1. The van der Waals surface area contributed by atoms with Gasteiger partial charge in [0.15, 0.2) is 0 Å². The molecule has 1 aromatic carbocycles. The molecule has 0 radical (unpaired) electrons. The van der Waals surface area contributed by atoms with Crippen molar-refractivity contribution in [1.29, 1.82) is 0 Å². The number of benzene rings is 1. The Balaban J connectivity index is 1.68. The molecule has 0 aliphatic rings. The molecule has 0 fully saturated rings. The van der Waals surface area contributed by atoms with E-state index >= 15 is 0 Å². The van der Waals surface area contributed by atoms with Crippen LogP contribution in [0, 0.1) is 0 Å². The van der Waals surface area contributed by atoms with Gasteiger partial charge in [-0.3, -0.25) is 9.78 Å². The van der Waals surface area contributed by atoms with E-state index in [2.05, 4.69) is 20.4 Å². The van der Waals surface area contributed by atoms with Gasteiger partial charge in [0.2, 0.25) is 11.8 Å². The molecule has 4 aromatic rings. The Morgan fingerprint density at radius 3 is 2.65 bits per heavy atom. The summed E-state index contributed by atoms with van der Waals surface area (Å²) in [4.78, 5) is 21.5. The van der Waals surface area contributed by atoms with Crippen LogP contribution in [0.5, 0.6) is 0 Å². The predicted molar refractivity (Wildman–Crippen MR) is 101 cm³/mol. The molecule has 3 aromatic heterocycles. The van der Waals surface area contributed by atoms with Crippen molar-refractivity contribution in [3.05, 3.63) is 82.7 Å². The van der Waals surface area contributed by atoms with E-state index in [0.717, 1.165) is 5.56 Å². The zero-order valence-electron chi connectivity index (χ0n) is 13.7. The van der Waals surface area contributed by atoms with E-state index in [9.17, 15) is 4.79 Å². The highest BCUT2D eigenvalue weighted by atomic mass is 32.1. The van der Waals surface area contributed by atoms with Crippen molar-refractivity contribution in [3.63, 3.8) is 0 Å². The summed E-state index contributed by atoms with van der Waals surface area (Å²) in [7, 11) is 0. The van der Waals surface area contributed by atoms with E-state index in [-0.39, 0.29) is 5.91 Å². The first-order chi connectivity index (χ1) is 12.8. The minimum atomic E-state index is -0.225. The molecule has 0 atom stereocenters. The first-order valence-corrected chi connectivity index (χ1v) is 8.99. The minimum absolute atomic E-state index is 0.225. The summed E-state index contributed by atoms with van der Waals surface area (Å²) in [5.41, 5.74) is 2.28. The number of nitrogens with zero attached hydrogens (tertiary/aromatic N) is 4. The van der Waals surface area contributed by atoms with E-state index in [1.54, 1.807) is 17.6 Å². The Morgan fingerprint density at radius 2 is 1.92 bits per heavy atom. The number of hydrogen-bond acceptors (Lipinski definition) is 6. The number of carbonyl (C=O) groups excluding carboxylic acids is 1. The van der Waals surface area contributed by atoms with Gasteiger partial charge in [-0.15, -0.1) is 5.10 Å². The van der Waals surface area contributed by atoms with Gasteiger partial charge in [-0.2, -0.15) is 21.0 Å². The standard InChI is InChI=1S/C19H15N5OS/c25-18(15-9-11-26-13-15)24-19(21-12-14-6-2-1-3-7-14)22-17(23-24)16-8-4-5-10-20-16/h1-11,13H,12H2,(H,21,22,23). The molecule has 1 N–H and O–H groups in total. The second-order valence-electron chi connectivity index (χ2n) is 5.54. The van der Waals surface area contributed by atoms with Crippen molar-refractivity contribution in [2.45, 2.75) is 6.54 Å². The fourth-order valence-corrected chi connectivity index (χ4v) is 3.09. The van der Waals surface area contributed by atoms with Crippen LogP contribution in [0.1, 0.15) is 15.9 Å². The Bertz CT molecular complexity index is 997. The van der Waals surface area contributed by atoms with Gasteiger partial charge in [0.25, 0.3) is 5.91 Å². The minimum Gasteiger partial charge on any atom is -0.350 e. The third-order valence-electron chi connectivity index (χ3n) is 3.76. The summed E-state index contributed by atoms with van der Waals surface area (Å²) in [6, 6.07) is 17.2. The van der Waals surface area contributed by atoms with Crippen LogP contribution >= 0.6 is 11.3 Å². The molecule has 6 nitrogen and oxygen atoms in total. The molecule has 0 aliphatic carbocycles. The lowest BCUT2D eigenvalue weighted by Crippen LogP contribution is -2.17. The van der Waals surface area contributed by atoms with Crippen LogP contribution in [0.3, 0.4) is 0 Å². The molecule has 0 unspecified atom stereocenters. The van der Waals surface area contributed by atoms with Gasteiger partial charge in [-0.25, -0.2) is 0 Å². The Labute approximate surface area is 154 Å². The van der Waals surface area contributed by atoms with E-state index in [0.29, 0.717) is 29.6 Å². The van der Waals surface area contributed by atoms with Gasteiger partial charge in [0.05, 0.1) is 5.56 Å². The molecule has 0 amide bonds. The lowest BCUT2D eigenvalue weighted by molar-refractivity contribution is 0.0948. The van der Waals surface area contributed by atoms with Crippen LogP contribution in [0.4, 0.5) is 5.95 Å². The quantitative estimate of drug-likeness (QED) is 0.587. The van der Waals surface area contributed by atoms with Crippen molar-refractivity contribution in [1.82, 2.24) is 19.7 Å². The van der Waals surface area contributed by atoms with Crippen molar-refractivity contribution in [2.75, 3.05) is 5.32 Å². The molecule has 3 heterocycles. The maximum absolute atomic E-state index is 12.8. The SMILES string of the molecule is O=C(c1ccsc1)n1nc(-c2ccccn2)nc1NCc1ccccc1.